The Labute approximate surface area is 226 Å². The highest BCUT2D eigenvalue weighted by Gasteiger charge is 2.33. The van der Waals surface area contributed by atoms with Gasteiger partial charge in [0, 0.05) is 10.4 Å². The van der Waals surface area contributed by atoms with Gasteiger partial charge in [-0.05, 0) is 55.1 Å². The number of carbonyl (C=O) groups is 1. The quantitative estimate of drug-likeness (QED) is 0.325. The van der Waals surface area contributed by atoms with Gasteiger partial charge in [0.1, 0.15) is 18.4 Å². The van der Waals surface area contributed by atoms with E-state index in [1.54, 1.807) is 36.6 Å². The largest absolute Gasteiger partial charge is 0.488 e. The molecule has 0 amide bonds. The summed E-state index contributed by atoms with van der Waals surface area (Å²) in [5.74, 6) is 0.156. The first-order valence-electron chi connectivity index (χ1n) is 11.9. The monoisotopic (exact) mass is 541 g/mol. The van der Waals surface area contributed by atoms with Crippen molar-refractivity contribution in [2.45, 2.75) is 26.5 Å². The lowest BCUT2D eigenvalue weighted by atomic mass is 10.0. The van der Waals surface area contributed by atoms with Crippen molar-refractivity contribution < 1.29 is 14.3 Å². The second kappa shape index (κ2) is 11.0. The first-order valence-corrected chi connectivity index (χ1v) is 13.6. The first-order chi connectivity index (χ1) is 18.5. The van der Waals surface area contributed by atoms with Crippen LogP contribution in [0.4, 0.5) is 0 Å². The van der Waals surface area contributed by atoms with Crippen molar-refractivity contribution in [1.29, 1.82) is 5.26 Å². The van der Waals surface area contributed by atoms with E-state index < -0.39 is 12.0 Å². The molecule has 190 valence electrons. The van der Waals surface area contributed by atoms with Crippen LogP contribution in [-0.2, 0) is 16.1 Å². The Kier molecular flexibility index (Phi) is 7.36. The highest BCUT2D eigenvalue weighted by molar-refractivity contribution is 7.10. The summed E-state index contributed by atoms with van der Waals surface area (Å²) < 4.78 is 13.5. The van der Waals surface area contributed by atoms with Crippen LogP contribution in [0.15, 0.2) is 87.1 Å². The van der Waals surface area contributed by atoms with Crippen LogP contribution in [0.2, 0.25) is 0 Å². The number of ether oxygens (including phenoxy) is 2. The van der Waals surface area contributed by atoms with Crippen LogP contribution in [-0.4, -0.2) is 17.1 Å². The lowest BCUT2D eigenvalue weighted by molar-refractivity contribution is -0.139. The number of allylic oxidation sites excluding steroid dienone is 1. The summed E-state index contributed by atoms with van der Waals surface area (Å²) in [7, 11) is 0. The molecule has 1 aliphatic heterocycles. The Bertz CT molecular complexity index is 1740. The molecule has 9 heteroatoms. The zero-order valence-corrected chi connectivity index (χ0v) is 22.3. The van der Waals surface area contributed by atoms with Gasteiger partial charge in [0.05, 0.1) is 34.0 Å². The van der Waals surface area contributed by atoms with E-state index in [1.807, 2.05) is 53.9 Å². The van der Waals surface area contributed by atoms with Gasteiger partial charge in [0.25, 0.3) is 5.56 Å². The minimum Gasteiger partial charge on any atom is -0.488 e. The highest BCUT2D eigenvalue weighted by atomic mass is 32.1. The second-order valence-corrected chi connectivity index (χ2v) is 10.4. The summed E-state index contributed by atoms with van der Waals surface area (Å²) in [6.07, 6.45) is 1.80. The number of rotatable bonds is 7. The molecule has 0 unspecified atom stereocenters. The van der Waals surface area contributed by atoms with E-state index in [4.69, 9.17) is 14.7 Å². The van der Waals surface area contributed by atoms with Gasteiger partial charge in [-0.3, -0.25) is 9.36 Å². The molecule has 2 aromatic heterocycles. The van der Waals surface area contributed by atoms with Crippen LogP contribution in [0.25, 0.3) is 6.08 Å². The maximum absolute atomic E-state index is 13.8. The van der Waals surface area contributed by atoms with Crippen molar-refractivity contribution in [3.8, 4) is 11.8 Å². The van der Waals surface area contributed by atoms with Crippen molar-refractivity contribution in [3.05, 3.63) is 119 Å². The predicted molar refractivity (Wildman–Crippen MR) is 147 cm³/mol. The van der Waals surface area contributed by atoms with Crippen molar-refractivity contribution >= 4 is 34.7 Å². The van der Waals surface area contributed by atoms with Gasteiger partial charge >= 0.3 is 5.97 Å². The standard InChI is InChI=1S/C29H23N3O4S2/c1-3-35-28(34)25-18(2)31-29-32(26(25)23-9-6-14-37-23)27(33)24(38-29)15-21-7-4-5-8-22(21)36-17-20-12-10-19(16-30)11-13-20/h4-15,26H,3,17H2,1-2H3/b24-15-/t26-/m1/s1. The van der Waals surface area contributed by atoms with Gasteiger partial charge in [0.2, 0.25) is 0 Å². The van der Waals surface area contributed by atoms with Gasteiger partial charge in [-0.15, -0.1) is 11.3 Å². The zero-order chi connectivity index (χ0) is 26.6. The van der Waals surface area contributed by atoms with E-state index in [9.17, 15) is 9.59 Å². The molecule has 1 atom stereocenters. The Balaban J connectivity index is 1.55. The highest BCUT2D eigenvalue weighted by Crippen LogP contribution is 2.33. The molecule has 4 aromatic rings. The topological polar surface area (TPSA) is 93.7 Å². The average Bonchev–Trinajstić information content (AvgIpc) is 3.56. The molecule has 3 heterocycles. The summed E-state index contributed by atoms with van der Waals surface area (Å²) in [5.41, 5.74) is 2.95. The molecule has 0 N–H and O–H groups in total. The fraction of sp³-hybridized carbons (Fsp3) is 0.172. The fourth-order valence-corrected chi connectivity index (χ4v) is 6.08. The van der Waals surface area contributed by atoms with Gasteiger partial charge in [-0.2, -0.15) is 5.26 Å². The van der Waals surface area contributed by atoms with Crippen LogP contribution in [0.3, 0.4) is 0 Å². The SMILES string of the molecule is CCOC(=O)C1=C(C)N=c2s/c(=C\c3ccccc3OCc3ccc(C#N)cc3)c(=O)n2[C@@H]1c1cccs1. The van der Waals surface area contributed by atoms with Gasteiger partial charge < -0.3 is 9.47 Å². The predicted octanol–water partition coefficient (Wildman–Crippen LogP) is 4.31. The van der Waals surface area contributed by atoms with Crippen molar-refractivity contribution in [3.63, 3.8) is 0 Å². The first kappa shape index (κ1) is 25.4. The Morgan fingerprint density at radius 2 is 1.95 bits per heavy atom. The molecule has 0 radical (unpaired) electrons. The van der Waals surface area contributed by atoms with Crippen LogP contribution >= 0.6 is 22.7 Å². The Hall–Kier alpha value is -4.26. The molecule has 0 aliphatic carbocycles. The fourth-order valence-electron chi connectivity index (χ4n) is 4.22. The van der Waals surface area contributed by atoms with Crippen molar-refractivity contribution in [2.24, 2.45) is 4.99 Å². The number of para-hydroxylation sites is 1. The van der Waals surface area contributed by atoms with Crippen molar-refractivity contribution in [2.75, 3.05) is 6.61 Å². The minimum absolute atomic E-state index is 0.233. The summed E-state index contributed by atoms with van der Waals surface area (Å²) in [6, 6.07) is 20.0. The lowest BCUT2D eigenvalue weighted by Crippen LogP contribution is -2.39. The number of nitriles is 1. The molecule has 7 nitrogen and oxygen atoms in total. The number of nitrogens with zero attached hydrogens (tertiary/aromatic N) is 3. The number of carbonyl (C=O) groups excluding carboxylic acids is 1. The average molecular weight is 542 g/mol. The number of aromatic nitrogens is 1. The molecular formula is C29H23N3O4S2. The van der Waals surface area contributed by atoms with E-state index in [1.165, 1.54) is 22.7 Å². The zero-order valence-electron chi connectivity index (χ0n) is 20.7. The molecule has 0 bridgehead atoms. The molecule has 0 saturated heterocycles. The van der Waals surface area contributed by atoms with E-state index in [0.717, 1.165) is 16.0 Å². The number of thiophene rings is 1. The van der Waals surface area contributed by atoms with Crippen LogP contribution < -0.4 is 19.6 Å². The lowest BCUT2D eigenvalue weighted by Gasteiger charge is -2.23. The number of esters is 1. The normalized spacial score (nSPS) is 15.0. The minimum atomic E-state index is -0.602. The van der Waals surface area contributed by atoms with E-state index >= 15 is 0 Å². The van der Waals surface area contributed by atoms with E-state index in [0.29, 0.717) is 38.5 Å². The number of benzene rings is 2. The molecule has 1 aliphatic rings. The molecule has 38 heavy (non-hydrogen) atoms. The number of hydrogen-bond acceptors (Lipinski definition) is 8. The molecular weight excluding hydrogens is 518 g/mol. The van der Waals surface area contributed by atoms with Crippen LogP contribution in [0.1, 0.15) is 41.5 Å². The number of fused-ring (bicyclic) bond motifs is 1. The van der Waals surface area contributed by atoms with Crippen LogP contribution in [0, 0.1) is 11.3 Å². The number of thiazole rings is 1. The van der Waals surface area contributed by atoms with E-state index in [2.05, 4.69) is 11.1 Å². The summed E-state index contributed by atoms with van der Waals surface area (Å²) in [6.45, 7) is 4.08. The third kappa shape index (κ3) is 4.96. The van der Waals surface area contributed by atoms with Crippen LogP contribution in [0.5, 0.6) is 5.75 Å². The van der Waals surface area contributed by atoms with Crippen molar-refractivity contribution in [1.82, 2.24) is 4.57 Å². The number of hydrogen-bond donors (Lipinski definition) is 0. The maximum Gasteiger partial charge on any atom is 0.338 e. The maximum atomic E-state index is 13.8. The Morgan fingerprint density at radius 3 is 2.66 bits per heavy atom. The third-order valence-electron chi connectivity index (χ3n) is 6.01. The van der Waals surface area contributed by atoms with Gasteiger partial charge in [0.15, 0.2) is 4.80 Å². The van der Waals surface area contributed by atoms with E-state index in [-0.39, 0.29) is 12.2 Å². The molecule has 5 rings (SSSR count). The summed E-state index contributed by atoms with van der Waals surface area (Å²) >= 11 is 2.76. The van der Waals surface area contributed by atoms with Gasteiger partial charge in [-0.1, -0.05) is 47.7 Å². The molecule has 0 fully saturated rings. The third-order valence-corrected chi connectivity index (χ3v) is 7.92. The molecule has 2 aromatic carbocycles. The summed E-state index contributed by atoms with van der Waals surface area (Å²) in [4.78, 5) is 32.7. The molecule has 0 saturated carbocycles. The molecule has 0 spiro atoms. The Morgan fingerprint density at radius 1 is 1.16 bits per heavy atom. The second-order valence-electron chi connectivity index (χ2n) is 8.45. The smallest absolute Gasteiger partial charge is 0.338 e. The summed E-state index contributed by atoms with van der Waals surface area (Å²) in [5, 5.41) is 10.9. The van der Waals surface area contributed by atoms with Gasteiger partial charge in [-0.25, -0.2) is 9.79 Å².